The molecule has 6 heteroatoms. The molecule has 0 bridgehead atoms. The van der Waals surface area contributed by atoms with E-state index in [9.17, 15) is 5.11 Å². The molecule has 3 aromatic rings. The number of rotatable bonds is 5. The maximum absolute atomic E-state index is 12.0. The second-order valence-corrected chi connectivity index (χ2v) is 22.8. The van der Waals surface area contributed by atoms with Gasteiger partial charge in [0.2, 0.25) is 0 Å². The van der Waals surface area contributed by atoms with Crippen molar-refractivity contribution in [2.45, 2.75) is 44.8 Å². The second-order valence-electron chi connectivity index (χ2n) is 11.3. The third-order valence-corrected chi connectivity index (χ3v) is 11.7. The number of halogens is 3. The molecule has 1 nitrogen and oxygen atoms in total. The Morgan fingerprint density at radius 3 is 1.86 bits per heavy atom. The number of hydrogen-bond acceptors (Lipinski definition) is 1. The van der Waals surface area contributed by atoms with Gasteiger partial charge in [0.15, 0.2) is 0 Å². The molecule has 1 aliphatic rings. The van der Waals surface area contributed by atoms with Crippen LogP contribution in [0.4, 0.5) is 0 Å². The van der Waals surface area contributed by atoms with Crippen molar-refractivity contribution >= 4 is 67.9 Å². The molecule has 0 heterocycles. The smallest absolute Gasteiger partial charge is 0.125 e. The van der Waals surface area contributed by atoms with Gasteiger partial charge >= 0.3 is 0 Å². The Morgan fingerprint density at radius 2 is 1.31 bits per heavy atom. The number of allylic oxidation sites excluding steroid dienone is 3. The van der Waals surface area contributed by atoms with Crippen LogP contribution in [0.2, 0.25) is 54.3 Å². The van der Waals surface area contributed by atoms with Crippen molar-refractivity contribution in [2.75, 3.05) is 0 Å². The van der Waals surface area contributed by atoms with Crippen LogP contribution in [0.5, 0.6) is 0 Å². The van der Waals surface area contributed by atoms with E-state index in [1.807, 2.05) is 0 Å². The molecule has 0 spiro atoms. The van der Waals surface area contributed by atoms with Crippen molar-refractivity contribution in [1.82, 2.24) is 0 Å². The molecule has 0 fully saturated rings. The maximum atomic E-state index is 12.0. The molecule has 1 N–H and O–H groups in total. The predicted octanol–water partition coefficient (Wildman–Crippen LogP) is 10.4. The van der Waals surface area contributed by atoms with E-state index in [0.717, 1.165) is 10.8 Å². The van der Waals surface area contributed by atoms with Crippen LogP contribution in [0, 0.1) is 0 Å². The first-order valence-corrected chi connectivity index (χ1v) is 20.0. The summed E-state index contributed by atoms with van der Waals surface area (Å²) in [6.45, 7) is 14.0. The molecule has 3 aromatic carbocycles. The highest BCUT2D eigenvalue weighted by Gasteiger charge is 2.43. The number of hydrogen-bond donors (Lipinski definition) is 1. The van der Waals surface area contributed by atoms with Crippen LogP contribution in [0.25, 0.3) is 16.9 Å². The van der Waals surface area contributed by atoms with Gasteiger partial charge in [-0.1, -0.05) is 129 Å². The molecule has 0 aromatic heterocycles. The number of fused-ring (bicyclic) bond motifs is 1. The van der Waals surface area contributed by atoms with Gasteiger partial charge in [0.05, 0.1) is 31.8 Å². The van der Waals surface area contributed by atoms with Crippen molar-refractivity contribution in [1.29, 1.82) is 0 Å². The average Bonchev–Trinajstić information content (AvgIpc) is 3.08. The lowest BCUT2D eigenvalue weighted by molar-refractivity contribution is 0.510. The summed E-state index contributed by atoms with van der Waals surface area (Å²) in [6, 6.07) is 22.6. The van der Waals surface area contributed by atoms with E-state index in [1.165, 1.54) is 22.3 Å². The largest absolute Gasteiger partial charge is 0.507 e. The summed E-state index contributed by atoms with van der Waals surface area (Å²) in [5.74, 6) is 0.158. The third-order valence-electron chi connectivity index (χ3n) is 6.53. The molecule has 0 amide bonds. The monoisotopic (exact) mass is 556 g/mol. The minimum absolute atomic E-state index is 0.158. The zero-order valence-corrected chi connectivity index (χ0v) is 25.3. The van der Waals surface area contributed by atoms with Gasteiger partial charge in [-0.2, -0.15) is 0 Å². The van der Waals surface area contributed by atoms with Gasteiger partial charge in [0.1, 0.15) is 5.76 Å². The van der Waals surface area contributed by atoms with E-state index < -0.39 is 16.1 Å². The second kappa shape index (κ2) is 9.61. The molecular formula is C29H31Cl3OSi2. The molecule has 4 rings (SSSR count). The van der Waals surface area contributed by atoms with Crippen LogP contribution >= 0.6 is 34.8 Å². The number of aliphatic hydroxyl groups excluding tert-OH is 1. The summed E-state index contributed by atoms with van der Waals surface area (Å²) in [5.41, 5.74) is 6.92. The van der Waals surface area contributed by atoms with Gasteiger partial charge in [0.25, 0.3) is 0 Å². The summed E-state index contributed by atoms with van der Waals surface area (Å²) in [4.78, 5) is 0. The van der Waals surface area contributed by atoms with Gasteiger partial charge in [-0.05, 0) is 45.2 Å². The lowest BCUT2D eigenvalue weighted by atomic mass is 9.98. The number of benzene rings is 3. The Labute approximate surface area is 226 Å². The first kappa shape index (κ1) is 26.3. The zero-order chi connectivity index (χ0) is 25.7. The highest BCUT2D eigenvalue weighted by Crippen LogP contribution is 2.55. The van der Waals surface area contributed by atoms with E-state index in [4.69, 9.17) is 34.8 Å². The molecule has 0 aliphatic heterocycles. The highest BCUT2D eigenvalue weighted by molar-refractivity contribution is 6.87. The Hall–Kier alpha value is -1.76. The molecule has 0 saturated heterocycles. The summed E-state index contributed by atoms with van der Waals surface area (Å²) in [7, 11) is -3.88. The minimum atomic E-state index is -2.15. The predicted molar refractivity (Wildman–Crippen MR) is 160 cm³/mol. The fraction of sp³-hybridized carbons (Fsp3) is 0.241. The molecule has 182 valence electrons. The van der Waals surface area contributed by atoms with Gasteiger partial charge < -0.3 is 5.11 Å². The van der Waals surface area contributed by atoms with Crippen LogP contribution in [0.1, 0.15) is 27.8 Å². The fourth-order valence-corrected chi connectivity index (χ4v) is 10.5. The molecule has 35 heavy (non-hydrogen) atoms. The zero-order valence-electron chi connectivity index (χ0n) is 21.0. The van der Waals surface area contributed by atoms with Crippen LogP contribution in [-0.4, -0.2) is 21.3 Å². The Bertz CT molecular complexity index is 1320. The summed E-state index contributed by atoms with van der Waals surface area (Å²) in [6.07, 6.45) is 0. The van der Waals surface area contributed by atoms with Gasteiger partial charge in [-0.25, -0.2) is 0 Å². The van der Waals surface area contributed by atoms with Crippen molar-refractivity contribution in [2.24, 2.45) is 0 Å². The molecule has 1 aliphatic carbocycles. The van der Waals surface area contributed by atoms with Crippen molar-refractivity contribution < 1.29 is 5.11 Å². The lowest BCUT2D eigenvalue weighted by Gasteiger charge is -2.31. The lowest BCUT2D eigenvalue weighted by Crippen LogP contribution is -2.31. The van der Waals surface area contributed by atoms with Crippen LogP contribution in [-0.2, 0) is 0 Å². The summed E-state index contributed by atoms with van der Waals surface area (Å²) < 4.78 is 0. The van der Waals surface area contributed by atoms with Gasteiger partial charge in [0, 0.05) is 10.6 Å². The molecule has 0 saturated carbocycles. The third kappa shape index (κ3) is 4.94. The van der Waals surface area contributed by atoms with E-state index >= 15 is 0 Å². The normalized spacial score (nSPS) is 16.9. The van der Waals surface area contributed by atoms with E-state index in [1.54, 1.807) is 12.1 Å². The average molecular weight is 558 g/mol. The van der Waals surface area contributed by atoms with Crippen molar-refractivity contribution in [3.8, 4) is 0 Å². The van der Waals surface area contributed by atoms with Crippen LogP contribution in [0.3, 0.4) is 0 Å². The summed E-state index contributed by atoms with van der Waals surface area (Å²) >= 11 is 19.5. The van der Waals surface area contributed by atoms with Crippen molar-refractivity contribution in [3.63, 3.8) is 0 Å². The first-order chi connectivity index (χ1) is 16.3. The van der Waals surface area contributed by atoms with Gasteiger partial charge in [-0.15, -0.1) is 0 Å². The molecule has 1 atom stereocenters. The first-order valence-electron chi connectivity index (χ1n) is 11.8. The SMILES string of the molecule is C[Si](C)(C)/C(C1=C(c2ccccc2)C([Si](C)(C)C)c2ccccc21)=C(/O)c1c(Cl)cc(Cl)cc1Cl. The Kier molecular flexibility index (Phi) is 7.22. The Morgan fingerprint density at radius 1 is 0.771 bits per heavy atom. The molecule has 1 unspecified atom stereocenters. The quantitative estimate of drug-likeness (QED) is 0.244. The Balaban J connectivity index is 2.20. The molecular weight excluding hydrogens is 527 g/mol. The van der Waals surface area contributed by atoms with Crippen molar-refractivity contribution in [3.05, 3.63) is 109 Å². The topological polar surface area (TPSA) is 20.2 Å². The maximum Gasteiger partial charge on any atom is 0.125 e. The van der Waals surface area contributed by atoms with E-state index in [-0.39, 0.29) is 5.76 Å². The molecule has 0 radical (unpaired) electrons. The fourth-order valence-electron chi connectivity index (χ4n) is 5.26. The van der Waals surface area contributed by atoms with Gasteiger partial charge in [-0.3, -0.25) is 0 Å². The van der Waals surface area contributed by atoms with E-state index in [0.29, 0.717) is 26.2 Å². The minimum Gasteiger partial charge on any atom is -0.507 e. The highest BCUT2D eigenvalue weighted by atomic mass is 35.5. The van der Waals surface area contributed by atoms with Crippen LogP contribution in [0.15, 0.2) is 71.9 Å². The standard InChI is InChI=1S/C29H31Cl3OSi2/c1-34(2,3)28-21-15-11-10-14-20(21)25(24(28)18-12-8-7-9-13-18)29(35(4,5)6)27(33)26-22(31)16-19(30)17-23(26)32/h7-17,28,33H,1-6H3/b29-27+. The summed E-state index contributed by atoms with van der Waals surface area (Å²) in [5, 5.41) is 14.1. The van der Waals surface area contributed by atoms with Crippen LogP contribution < -0.4 is 0 Å². The van der Waals surface area contributed by atoms with E-state index in [2.05, 4.69) is 93.9 Å². The number of aliphatic hydroxyl groups is 1.